The van der Waals surface area contributed by atoms with E-state index in [1.54, 1.807) is 37.5 Å². The summed E-state index contributed by atoms with van der Waals surface area (Å²) < 4.78 is 10.6. The van der Waals surface area contributed by atoms with Gasteiger partial charge < -0.3 is 14.8 Å². The Morgan fingerprint density at radius 1 is 1.19 bits per heavy atom. The number of esters is 1. The lowest BCUT2D eigenvalue weighted by atomic mass is 10.2. The summed E-state index contributed by atoms with van der Waals surface area (Å²) in [6.07, 6.45) is 1.55. The van der Waals surface area contributed by atoms with E-state index in [0.29, 0.717) is 15.9 Å². The predicted molar refractivity (Wildman–Crippen MR) is 107 cm³/mol. The summed E-state index contributed by atoms with van der Waals surface area (Å²) >= 11 is 16.8. The number of carbonyl (C=O) groups excluding carboxylic acids is 1. The Morgan fingerprint density at radius 3 is 2.62 bits per heavy atom. The molecule has 26 heavy (non-hydrogen) atoms. The quantitative estimate of drug-likeness (QED) is 0.257. The maximum Gasteiger partial charge on any atom is 0.345 e. The van der Waals surface area contributed by atoms with E-state index >= 15 is 0 Å². The van der Waals surface area contributed by atoms with Crippen LogP contribution in [0.25, 0.3) is 0 Å². The summed E-state index contributed by atoms with van der Waals surface area (Å²) in [4.78, 5) is 12.3. The van der Waals surface area contributed by atoms with Crippen LogP contribution in [0.2, 0.25) is 10.0 Å². The molecule has 6 nitrogen and oxygen atoms in total. The summed E-state index contributed by atoms with van der Waals surface area (Å²) in [5.41, 5.74) is 3.56. The third kappa shape index (κ3) is 5.32. The molecule has 0 heterocycles. The maximum atomic E-state index is 12.3. The number of benzene rings is 2. The Morgan fingerprint density at radius 2 is 1.96 bits per heavy atom. The molecular weight excluding hydrogens is 397 g/mol. The van der Waals surface area contributed by atoms with E-state index in [9.17, 15) is 4.79 Å². The van der Waals surface area contributed by atoms with Crippen LogP contribution in [0, 0.1) is 0 Å². The first-order chi connectivity index (χ1) is 12.4. The molecule has 0 amide bonds. The van der Waals surface area contributed by atoms with Gasteiger partial charge in [0.1, 0.15) is 0 Å². The molecule has 0 aliphatic heterocycles. The largest absolute Gasteiger partial charge is 0.493 e. The molecule has 0 atom stereocenters. The normalized spacial score (nSPS) is 10.5. The third-order valence-electron chi connectivity index (χ3n) is 3.15. The average Bonchev–Trinajstić information content (AvgIpc) is 2.62. The molecule has 0 spiro atoms. The van der Waals surface area contributed by atoms with Gasteiger partial charge in [0.15, 0.2) is 16.6 Å². The van der Waals surface area contributed by atoms with Crippen molar-refractivity contribution in [2.45, 2.75) is 0 Å². The van der Waals surface area contributed by atoms with Crippen molar-refractivity contribution in [1.29, 1.82) is 0 Å². The standard InChI is InChI=1S/C17H15Cl2N3O3S/c1-20-17(26)22-21-9-10-3-6-14(15(7-10)24-2)25-16(23)12-5-4-11(18)8-13(12)19/h3-9H,1-2H3,(H2,20,22,26). The molecule has 0 radical (unpaired) electrons. The summed E-state index contributed by atoms with van der Waals surface area (Å²) in [5, 5.41) is 7.73. The monoisotopic (exact) mass is 411 g/mol. The van der Waals surface area contributed by atoms with Gasteiger partial charge in [0.25, 0.3) is 0 Å². The highest BCUT2D eigenvalue weighted by molar-refractivity contribution is 7.80. The van der Waals surface area contributed by atoms with E-state index < -0.39 is 5.97 Å². The van der Waals surface area contributed by atoms with Gasteiger partial charge >= 0.3 is 5.97 Å². The predicted octanol–water partition coefficient (Wildman–Crippen LogP) is 3.65. The number of hydrogen-bond donors (Lipinski definition) is 2. The van der Waals surface area contributed by atoms with Gasteiger partial charge in [-0.25, -0.2) is 4.79 Å². The smallest absolute Gasteiger partial charge is 0.345 e. The minimum absolute atomic E-state index is 0.202. The van der Waals surface area contributed by atoms with Crippen molar-refractivity contribution in [2.75, 3.05) is 14.2 Å². The first kappa shape index (κ1) is 20.0. The maximum absolute atomic E-state index is 12.3. The summed E-state index contributed by atoms with van der Waals surface area (Å²) in [5.74, 6) is -0.00429. The average molecular weight is 412 g/mol. The van der Waals surface area contributed by atoms with Crippen LogP contribution in [0.4, 0.5) is 0 Å². The zero-order valence-corrected chi connectivity index (χ0v) is 16.2. The fourth-order valence-corrected chi connectivity index (χ4v) is 2.42. The van der Waals surface area contributed by atoms with Crippen molar-refractivity contribution in [2.24, 2.45) is 5.10 Å². The van der Waals surface area contributed by atoms with E-state index in [2.05, 4.69) is 15.8 Å². The molecule has 0 saturated heterocycles. The van der Waals surface area contributed by atoms with E-state index in [1.807, 2.05) is 0 Å². The molecule has 0 unspecified atom stereocenters. The molecule has 9 heteroatoms. The molecule has 2 N–H and O–H groups in total. The molecular formula is C17H15Cl2N3O3S. The second kappa shape index (κ2) is 9.38. The lowest BCUT2D eigenvalue weighted by Gasteiger charge is -2.10. The van der Waals surface area contributed by atoms with Gasteiger partial charge in [-0.05, 0) is 54.2 Å². The van der Waals surface area contributed by atoms with E-state index in [0.717, 1.165) is 5.56 Å². The number of nitrogens with zero attached hydrogens (tertiary/aromatic N) is 1. The van der Waals surface area contributed by atoms with Gasteiger partial charge in [-0.3, -0.25) is 5.43 Å². The Balaban J connectivity index is 2.16. The number of rotatable bonds is 5. The van der Waals surface area contributed by atoms with Crippen molar-refractivity contribution in [3.63, 3.8) is 0 Å². The number of methoxy groups -OCH3 is 1. The first-order valence-electron chi connectivity index (χ1n) is 7.30. The fraction of sp³-hybridized carbons (Fsp3) is 0.118. The zero-order valence-electron chi connectivity index (χ0n) is 13.9. The van der Waals surface area contributed by atoms with Crippen molar-refractivity contribution >= 4 is 52.7 Å². The molecule has 2 rings (SSSR count). The highest BCUT2D eigenvalue weighted by Gasteiger charge is 2.16. The van der Waals surface area contributed by atoms with Crippen LogP contribution in [-0.2, 0) is 0 Å². The van der Waals surface area contributed by atoms with Crippen LogP contribution < -0.4 is 20.2 Å². The number of thiocarbonyl (C=S) groups is 1. The molecule has 2 aromatic rings. The molecule has 0 aromatic heterocycles. The van der Waals surface area contributed by atoms with Gasteiger partial charge in [-0.15, -0.1) is 0 Å². The highest BCUT2D eigenvalue weighted by Crippen LogP contribution is 2.29. The Kier molecular flexibility index (Phi) is 7.20. The molecule has 136 valence electrons. The number of hydrazone groups is 1. The zero-order chi connectivity index (χ0) is 19.1. The van der Waals surface area contributed by atoms with Crippen LogP contribution >= 0.6 is 35.4 Å². The van der Waals surface area contributed by atoms with Gasteiger partial charge in [-0.2, -0.15) is 5.10 Å². The van der Waals surface area contributed by atoms with Gasteiger partial charge in [0.2, 0.25) is 0 Å². The molecule has 2 aromatic carbocycles. The van der Waals surface area contributed by atoms with Crippen molar-refractivity contribution in [3.8, 4) is 11.5 Å². The molecule has 0 bridgehead atoms. The number of nitrogens with one attached hydrogen (secondary N) is 2. The highest BCUT2D eigenvalue weighted by atomic mass is 35.5. The lowest BCUT2D eigenvalue weighted by Crippen LogP contribution is -2.28. The molecule has 0 saturated carbocycles. The Bertz CT molecular complexity index is 859. The first-order valence-corrected chi connectivity index (χ1v) is 8.47. The number of halogens is 2. The van der Waals surface area contributed by atoms with E-state index in [-0.39, 0.29) is 16.3 Å². The second-order valence-electron chi connectivity index (χ2n) is 4.87. The minimum atomic E-state index is -0.618. The molecule has 0 aliphatic rings. The summed E-state index contributed by atoms with van der Waals surface area (Å²) in [7, 11) is 3.15. The minimum Gasteiger partial charge on any atom is -0.493 e. The fourth-order valence-electron chi connectivity index (χ4n) is 1.88. The van der Waals surface area contributed by atoms with E-state index in [4.69, 9.17) is 44.9 Å². The summed E-state index contributed by atoms with van der Waals surface area (Å²) in [6.45, 7) is 0. The van der Waals surface area contributed by atoms with Crippen LogP contribution in [0.1, 0.15) is 15.9 Å². The van der Waals surface area contributed by atoms with Crippen LogP contribution in [0.5, 0.6) is 11.5 Å². The van der Waals surface area contributed by atoms with Crippen molar-refractivity contribution < 1.29 is 14.3 Å². The lowest BCUT2D eigenvalue weighted by molar-refractivity contribution is 0.0730. The van der Waals surface area contributed by atoms with E-state index in [1.165, 1.54) is 19.2 Å². The SMILES string of the molecule is CNC(=S)NN=Cc1ccc(OC(=O)c2ccc(Cl)cc2Cl)c(OC)c1. The van der Waals surface area contributed by atoms with Crippen molar-refractivity contribution in [1.82, 2.24) is 10.7 Å². The number of carbonyl (C=O) groups is 1. The van der Waals surface area contributed by atoms with Crippen LogP contribution in [-0.4, -0.2) is 31.5 Å². The number of ether oxygens (including phenoxy) is 2. The summed E-state index contributed by atoms with van der Waals surface area (Å²) in [6, 6.07) is 9.50. The Hall–Kier alpha value is -2.35. The van der Waals surface area contributed by atoms with Crippen LogP contribution in [0.15, 0.2) is 41.5 Å². The van der Waals surface area contributed by atoms with Gasteiger partial charge in [0.05, 0.1) is 23.9 Å². The van der Waals surface area contributed by atoms with Gasteiger partial charge in [-0.1, -0.05) is 23.2 Å². The van der Waals surface area contributed by atoms with Crippen LogP contribution in [0.3, 0.4) is 0 Å². The molecule has 0 fully saturated rings. The second-order valence-corrected chi connectivity index (χ2v) is 6.12. The van der Waals surface area contributed by atoms with Gasteiger partial charge in [0, 0.05) is 12.1 Å². The van der Waals surface area contributed by atoms with Crippen molar-refractivity contribution in [3.05, 3.63) is 57.6 Å². The number of hydrogen-bond acceptors (Lipinski definition) is 5. The Labute approximate surface area is 166 Å². The topological polar surface area (TPSA) is 72.0 Å². The third-order valence-corrected chi connectivity index (χ3v) is 3.99. The molecule has 0 aliphatic carbocycles.